The number of anilines is 1. The molecule has 4 aromatic rings. The van der Waals surface area contributed by atoms with Gasteiger partial charge in [0.05, 0.1) is 17.3 Å². The van der Waals surface area contributed by atoms with Crippen molar-refractivity contribution in [1.29, 1.82) is 0 Å². The Kier molecular flexibility index (Phi) is 4.75. The molecule has 1 aromatic carbocycles. The first kappa shape index (κ1) is 18.7. The van der Waals surface area contributed by atoms with E-state index in [9.17, 15) is 14.4 Å². The maximum absolute atomic E-state index is 12.3. The number of hydrogen-bond acceptors (Lipinski definition) is 4. The summed E-state index contributed by atoms with van der Waals surface area (Å²) in [5, 5.41) is 4.24. The number of hydrogen-bond donors (Lipinski definition) is 2. The minimum atomic E-state index is -0.441. The van der Waals surface area contributed by atoms with Crippen LogP contribution in [0.5, 0.6) is 0 Å². The molecular weight excluding hydrogens is 370 g/mol. The molecule has 0 radical (unpaired) electrons. The number of H-pyrrole nitrogens is 1. The second-order valence-corrected chi connectivity index (χ2v) is 7.06. The first-order chi connectivity index (χ1) is 14.0. The normalized spacial score (nSPS) is 11.2. The number of carbonyl (C=O) groups excluding carboxylic acids is 1. The van der Waals surface area contributed by atoms with E-state index in [1.165, 1.54) is 28.8 Å². The molecule has 0 aliphatic rings. The van der Waals surface area contributed by atoms with Gasteiger partial charge in [-0.05, 0) is 30.5 Å². The third-order valence-corrected chi connectivity index (χ3v) is 5.10. The summed E-state index contributed by atoms with van der Waals surface area (Å²) in [7, 11) is 2.97. The monoisotopic (exact) mass is 391 g/mol. The van der Waals surface area contributed by atoms with Crippen molar-refractivity contribution >= 4 is 33.5 Å². The number of nitrogens with zero attached hydrogens (tertiary/aromatic N) is 3. The number of aromatic amines is 1. The number of pyridine rings is 1. The summed E-state index contributed by atoms with van der Waals surface area (Å²) in [6, 6.07) is 9.63. The molecule has 4 rings (SSSR count). The predicted molar refractivity (Wildman–Crippen MR) is 112 cm³/mol. The number of aromatic nitrogens is 4. The van der Waals surface area contributed by atoms with Gasteiger partial charge in [-0.3, -0.25) is 18.7 Å². The largest absolute Gasteiger partial charge is 0.361 e. The van der Waals surface area contributed by atoms with Crippen molar-refractivity contribution < 1.29 is 4.79 Å². The molecule has 0 atom stereocenters. The summed E-state index contributed by atoms with van der Waals surface area (Å²) >= 11 is 0. The average Bonchev–Trinajstić information content (AvgIpc) is 3.14. The number of para-hydroxylation sites is 1. The smallest absolute Gasteiger partial charge is 0.332 e. The van der Waals surface area contributed by atoms with Crippen LogP contribution in [0.3, 0.4) is 0 Å². The molecule has 8 heteroatoms. The topological polar surface area (TPSA) is 102 Å². The van der Waals surface area contributed by atoms with Crippen molar-refractivity contribution in [3.63, 3.8) is 0 Å². The predicted octanol–water partition coefficient (Wildman–Crippen LogP) is 2.07. The van der Waals surface area contributed by atoms with Crippen LogP contribution in [0, 0.1) is 0 Å². The third-order valence-electron chi connectivity index (χ3n) is 5.10. The van der Waals surface area contributed by atoms with Crippen molar-refractivity contribution in [2.45, 2.75) is 19.3 Å². The molecule has 0 saturated carbocycles. The Labute approximate surface area is 165 Å². The maximum Gasteiger partial charge on any atom is 0.332 e. The van der Waals surface area contributed by atoms with Crippen molar-refractivity contribution in [3.8, 4) is 0 Å². The van der Waals surface area contributed by atoms with Crippen LogP contribution in [0.15, 0.2) is 52.3 Å². The minimum absolute atomic E-state index is 0.146. The summed E-state index contributed by atoms with van der Waals surface area (Å²) < 4.78 is 2.33. The van der Waals surface area contributed by atoms with Crippen LogP contribution in [-0.2, 0) is 25.3 Å². The lowest BCUT2D eigenvalue weighted by Gasteiger charge is -2.09. The average molecular weight is 391 g/mol. The molecule has 8 nitrogen and oxygen atoms in total. The number of rotatable bonds is 5. The fourth-order valence-corrected chi connectivity index (χ4v) is 3.54. The zero-order chi connectivity index (χ0) is 20.5. The minimum Gasteiger partial charge on any atom is -0.361 e. The first-order valence-electron chi connectivity index (χ1n) is 9.36. The van der Waals surface area contributed by atoms with Crippen molar-refractivity contribution in [1.82, 2.24) is 19.1 Å². The van der Waals surface area contributed by atoms with Gasteiger partial charge < -0.3 is 10.3 Å². The Morgan fingerprint density at radius 2 is 1.93 bits per heavy atom. The van der Waals surface area contributed by atoms with E-state index < -0.39 is 11.2 Å². The molecule has 3 heterocycles. The molecule has 0 bridgehead atoms. The summed E-state index contributed by atoms with van der Waals surface area (Å²) in [5.41, 5.74) is 2.12. The Bertz CT molecular complexity index is 1350. The van der Waals surface area contributed by atoms with Gasteiger partial charge in [-0.1, -0.05) is 18.2 Å². The Morgan fingerprint density at radius 1 is 1.14 bits per heavy atom. The summed E-state index contributed by atoms with van der Waals surface area (Å²) in [6.45, 7) is 0. The van der Waals surface area contributed by atoms with E-state index in [4.69, 9.17) is 0 Å². The van der Waals surface area contributed by atoms with Crippen molar-refractivity contribution in [3.05, 3.63) is 69.1 Å². The van der Waals surface area contributed by atoms with E-state index in [-0.39, 0.29) is 16.9 Å². The summed E-state index contributed by atoms with van der Waals surface area (Å²) in [5.74, 6) is -0.146. The first-order valence-corrected chi connectivity index (χ1v) is 9.36. The molecule has 1 amide bonds. The van der Waals surface area contributed by atoms with E-state index in [2.05, 4.69) is 21.4 Å². The highest BCUT2D eigenvalue weighted by Crippen LogP contribution is 2.19. The zero-order valence-electron chi connectivity index (χ0n) is 16.2. The highest BCUT2D eigenvalue weighted by molar-refractivity contribution is 5.92. The van der Waals surface area contributed by atoms with Crippen LogP contribution in [0.25, 0.3) is 21.9 Å². The highest BCUT2D eigenvalue weighted by Gasteiger charge is 2.12. The van der Waals surface area contributed by atoms with Crippen molar-refractivity contribution in [2.24, 2.45) is 14.1 Å². The van der Waals surface area contributed by atoms with E-state index in [1.807, 2.05) is 24.4 Å². The Balaban J connectivity index is 1.45. The second-order valence-electron chi connectivity index (χ2n) is 7.06. The van der Waals surface area contributed by atoms with E-state index >= 15 is 0 Å². The fourth-order valence-electron chi connectivity index (χ4n) is 3.54. The molecule has 0 fully saturated rings. The molecule has 0 saturated heterocycles. The van der Waals surface area contributed by atoms with Crippen LogP contribution in [0.1, 0.15) is 18.4 Å². The zero-order valence-corrected chi connectivity index (χ0v) is 16.2. The van der Waals surface area contributed by atoms with Crippen molar-refractivity contribution in [2.75, 3.05) is 5.32 Å². The molecule has 0 aliphatic heterocycles. The number of carbonyl (C=O) groups is 1. The Morgan fingerprint density at radius 3 is 2.76 bits per heavy atom. The number of fused-ring (bicyclic) bond motifs is 2. The Hall–Kier alpha value is -3.68. The molecule has 0 aliphatic carbocycles. The number of aryl methyl sites for hydroxylation is 2. The molecule has 0 spiro atoms. The van der Waals surface area contributed by atoms with Gasteiger partial charge in [0.15, 0.2) is 0 Å². The van der Waals surface area contributed by atoms with Crippen LogP contribution in [0.4, 0.5) is 5.69 Å². The number of amides is 1. The van der Waals surface area contributed by atoms with Crippen LogP contribution in [-0.4, -0.2) is 25.0 Å². The SMILES string of the molecule is Cn1c(=O)c2cc(NC(=O)CCCc3c[nH]c4ccccc34)cnc2n(C)c1=O. The lowest BCUT2D eigenvalue weighted by Crippen LogP contribution is -2.37. The lowest BCUT2D eigenvalue weighted by atomic mass is 10.1. The molecule has 2 N–H and O–H groups in total. The van der Waals surface area contributed by atoms with Crippen LogP contribution >= 0.6 is 0 Å². The summed E-state index contributed by atoms with van der Waals surface area (Å²) in [4.78, 5) is 44.1. The van der Waals surface area contributed by atoms with Gasteiger partial charge >= 0.3 is 5.69 Å². The lowest BCUT2D eigenvalue weighted by molar-refractivity contribution is -0.116. The van der Waals surface area contributed by atoms with E-state index in [1.54, 1.807) is 13.1 Å². The van der Waals surface area contributed by atoms with Gasteiger partial charge in [-0.2, -0.15) is 0 Å². The molecular formula is C21H21N5O3. The van der Waals surface area contributed by atoms with Gasteiger partial charge in [-0.25, -0.2) is 9.78 Å². The van der Waals surface area contributed by atoms with Crippen LogP contribution < -0.4 is 16.6 Å². The maximum atomic E-state index is 12.3. The quantitative estimate of drug-likeness (QED) is 0.544. The third kappa shape index (κ3) is 3.44. The standard InChI is InChI=1S/C21H21N5O3/c1-25-19-16(20(28)26(2)21(25)29)10-14(12-23-19)24-18(27)9-5-6-13-11-22-17-8-4-3-7-15(13)17/h3-4,7-8,10-12,22H,5-6,9H2,1-2H3,(H,24,27). The van der Waals surface area contributed by atoms with Gasteiger partial charge in [0.1, 0.15) is 5.65 Å². The van der Waals surface area contributed by atoms with Crippen LogP contribution in [0.2, 0.25) is 0 Å². The highest BCUT2D eigenvalue weighted by atomic mass is 16.2. The number of benzene rings is 1. The second kappa shape index (κ2) is 7.38. The van der Waals surface area contributed by atoms with Gasteiger partial charge in [0.25, 0.3) is 5.56 Å². The summed E-state index contributed by atoms with van der Waals surface area (Å²) in [6.07, 6.45) is 5.28. The number of nitrogens with one attached hydrogen (secondary N) is 2. The van der Waals surface area contributed by atoms with E-state index in [0.29, 0.717) is 18.5 Å². The molecule has 148 valence electrons. The van der Waals surface area contributed by atoms with Gasteiger partial charge in [-0.15, -0.1) is 0 Å². The molecule has 3 aromatic heterocycles. The molecule has 0 unspecified atom stereocenters. The molecule has 29 heavy (non-hydrogen) atoms. The van der Waals surface area contributed by atoms with E-state index in [0.717, 1.165) is 16.5 Å². The fraction of sp³-hybridized carbons (Fsp3) is 0.238. The van der Waals surface area contributed by atoms with Gasteiger partial charge in [0, 0.05) is 37.6 Å². The van der Waals surface area contributed by atoms with Gasteiger partial charge in [0.2, 0.25) is 5.91 Å².